The van der Waals surface area contributed by atoms with Crippen molar-refractivity contribution in [3.8, 4) is 12.1 Å². The number of aromatic nitrogens is 4. The molecule has 1 amide bonds. The highest BCUT2D eigenvalue weighted by Crippen LogP contribution is 2.41. The molecule has 11 nitrogen and oxygen atoms in total. The van der Waals surface area contributed by atoms with Gasteiger partial charge in [0, 0.05) is 26.6 Å². The van der Waals surface area contributed by atoms with Crippen LogP contribution in [0.4, 0.5) is 23.3 Å². The predicted octanol–water partition coefficient (Wildman–Crippen LogP) is 2.51. The molecule has 34 heavy (non-hydrogen) atoms. The first-order valence-corrected chi connectivity index (χ1v) is 11.3. The quantitative estimate of drug-likeness (QED) is 0.568. The minimum absolute atomic E-state index is 0.0840. The summed E-state index contributed by atoms with van der Waals surface area (Å²) >= 11 is 6.80. The molecule has 12 heteroatoms. The number of hydrogen-bond donors (Lipinski definition) is 2. The normalized spacial score (nSPS) is 18.7. The molecule has 2 N–H and O–H groups in total. The highest BCUT2D eigenvalue weighted by Gasteiger charge is 2.46. The van der Waals surface area contributed by atoms with E-state index >= 15 is 0 Å². The predicted molar refractivity (Wildman–Crippen MR) is 126 cm³/mol. The van der Waals surface area contributed by atoms with Crippen molar-refractivity contribution in [3.63, 3.8) is 0 Å². The second kappa shape index (κ2) is 8.36. The molecule has 1 aromatic carbocycles. The zero-order valence-corrected chi connectivity index (χ0v) is 19.3. The minimum Gasteiger partial charge on any atom is -0.366 e. The lowest BCUT2D eigenvalue weighted by molar-refractivity contribution is -0.143. The average Bonchev–Trinajstić information content (AvgIpc) is 3.23. The van der Waals surface area contributed by atoms with Crippen LogP contribution in [0.1, 0.15) is 31.4 Å². The molecule has 0 saturated carbocycles. The molecule has 3 fully saturated rings. The van der Waals surface area contributed by atoms with E-state index in [2.05, 4.69) is 42.7 Å². The van der Waals surface area contributed by atoms with Gasteiger partial charge in [-0.25, -0.2) is 0 Å². The van der Waals surface area contributed by atoms with Crippen molar-refractivity contribution in [3.05, 3.63) is 34.5 Å². The van der Waals surface area contributed by atoms with Gasteiger partial charge in [0.1, 0.15) is 11.6 Å². The Kier molecular flexibility index (Phi) is 5.34. The standard InChI is InChI=1S/C22H21ClN10O/c1-3-26-22-30-21(29-20-14(8-25)9-27-33(20)22)28-17-4-13(7-24)5-18(19(17)23)31-10-15-6-16(11-31)32(15)12(2)34/h4-5,9,15-16H,3,6,10-11H2,1-2H3,(H2,26,28,29,30). The largest absolute Gasteiger partial charge is 0.366 e. The maximum absolute atomic E-state index is 11.9. The number of carbonyl (C=O) groups is 1. The number of nitrogens with one attached hydrogen (secondary N) is 2. The Morgan fingerprint density at radius 3 is 2.65 bits per heavy atom. The maximum Gasteiger partial charge on any atom is 0.232 e. The van der Waals surface area contributed by atoms with Crippen LogP contribution in [0, 0.1) is 22.7 Å². The smallest absolute Gasteiger partial charge is 0.232 e. The summed E-state index contributed by atoms with van der Waals surface area (Å²) in [7, 11) is 0. The summed E-state index contributed by atoms with van der Waals surface area (Å²) in [6.45, 7) is 5.41. The van der Waals surface area contributed by atoms with Gasteiger partial charge in [-0.3, -0.25) is 4.79 Å². The highest BCUT2D eigenvalue weighted by molar-refractivity contribution is 6.36. The Morgan fingerprint density at radius 1 is 1.24 bits per heavy atom. The van der Waals surface area contributed by atoms with Crippen molar-refractivity contribution in [2.75, 3.05) is 35.2 Å². The van der Waals surface area contributed by atoms with Gasteiger partial charge in [0.2, 0.25) is 17.8 Å². The lowest BCUT2D eigenvalue weighted by Gasteiger charge is -2.56. The van der Waals surface area contributed by atoms with E-state index in [-0.39, 0.29) is 23.9 Å². The van der Waals surface area contributed by atoms with Gasteiger partial charge >= 0.3 is 0 Å². The van der Waals surface area contributed by atoms with Crippen LogP contribution in [0.15, 0.2) is 18.3 Å². The second-order valence-corrected chi connectivity index (χ2v) is 8.65. The van der Waals surface area contributed by atoms with E-state index < -0.39 is 0 Å². The Labute approximate surface area is 200 Å². The van der Waals surface area contributed by atoms with Crippen LogP contribution in [0.3, 0.4) is 0 Å². The van der Waals surface area contributed by atoms with Gasteiger partial charge in [-0.1, -0.05) is 11.6 Å². The van der Waals surface area contributed by atoms with Crippen molar-refractivity contribution in [2.45, 2.75) is 32.4 Å². The third-order valence-electron chi connectivity index (χ3n) is 6.15. The molecule has 2 bridgehead atoms. The van der Waals surface area contributed by atoms with Gasteiger partial charge in [0.25, 0.3) is 0 Å². The zero-order chi connectivity index (χ0) is 24.0. The number of nitriles is 2. The van der Waals surface area contributed by atoms with Crippen molar-refractivity contribution in [2.24, 2.45) is 0 Å². The van der Waals surface area contributed by atoms with Gasteiger partial charge in [0.05, 0.1) is 46.3 Å². The first kappa shape index (κ1) is 21.7. The maximum atomic E-state index is 11.9. The van der Waals surface area contributed by atoms with Crippen molar-refractivity contribution in [1.29, 1.82) is 10.5 Å². The van der Waals surface area contributed by atoms with Gasteiger partial charge in [0.15, 0.2) is 5.65 Å². The Bertz CT molecular complexity index is 1380. The van der Waals surface area contributed by atoms with Crippen LogP contribution >= 0.6 is 11.6 Å². The Hall–Kier alpha value is -4.09. The topological polar surface area (TPSA) is 138 Å². The first-order chi connectivity index (χ1) is 16.4. The fourth-order valence-corrected chi connectivity index (χ4v) is 5.00. The molecule has 0 radical (unpaired) electrons. The number of piperazine rings is 1. The Morgan fingerprint density at radius 2 is 2.00 bits per heavy atom. The third-order valence-corrected chi connectivity index (χ3v) is 6.55. The van der Waals surface area contributed by atoms with Crippen molar-refractivity contribution in [1.82, 2.24) is 24.5 Å². The van der Waals surface area contributed by atoms with Crippen LogP contribution in [-0.4, -0.2) is 62.1 Å². The average molecular weight is 477 g/mol. The lowest BCUT2D eigenvalue weighted by Crippen LogP contribution is -2.70. The van der Waals surface area contributed by atoms with E-state index in [1.807, 2.05) is 11.8 Å². The van der Waals surface area contributed by atoms with Gasteiger partial charge in [-0.05, 0) is 25.5 Å². The monoisotopic (exact) mass is 476 g/mol. The summed E-state index contributed by atoms with van der Waals surface area (Å²) < 4.78 is 1.47. The van der Waals surface area contributed by atoms with E-state index in [0.29, 0.717) is 53.1 Å². The molecule has 172 valence electrons. The number of nitrogens with zero attached hydrogens (tertiary/aromatic N) is 8. The molecule has 5 heterocycles. The fourth-order valence-electron chi connectivity index (χ4n) is 4.72. The SMILES string of the molecule is CCNc1nc(Nc2cc(C#N)cc(N3CC4CC(C3)N4C(C)=O)c2Cl)nc2c(C#N)cnn12. The van der Waals surface area contributed by atoms with E-state index in [1.54, 1.807) is 19.1 Å². The van der Waals surface area contributed by atoms with Crippen LogP contribution in [-0.2, 0) is 4.79 Å². The first-order valence-electron chi connectivity index (χ1n) is 10.9. The number of hydrogen-bond acceptors (Lipinski definition) is 9. The number of piperidine rings is 1. The zero-order valence-electron chi connectivity index (χ0n) is 18.6. The molecule has 0 aliphatic carbocycles. The molecular formula is C22H21ClN10O. The second-order valence-electron chi connectivity index (χ2n) is 8.27. The summed E-state index contributed by atoms with van der Waals surface area (Å²) in [5.74, 6) is 0.720. The summed E-state index contributed by atoms with van der Waals surface area (Å²) in [6.07, 6.45) is 2.41. The summed E-state index contributed by atoms with van der Waals surface area (Å²) in [5, 5.41) is 29.9. The fraction of sp³-hybridized carbons (Fsp3) is 0.364. The minimum atomic E-state index is 0.0840. The number of rotatable bonds is 5. The number of benzene rings is 1. The molecule has 3 saturated heterocycles. The number of fused-ring (bicyclic) bond motifs is 3. The summed E-state index contributed by atoms with van der Waals surface area (Å²) in [6, 6.07) is 7.96. The van der Waals surface area contributed by atoms with Gasteiger partial charge in [-0.15, -0.1) is 0 Å². The lowest BCUT2D eigenvalue weighted by atomic mass is 9.87. The van der Waals surface area contributed by atoms with Crippen molar-refractivity contribution < 1.29 is 4.79 Å². The molecule has 0 spiro atoms. The van der Waals surface area contributed by atoms with Gasteiger partial charge in [-0.2, -0.15) is 30.1 Å². The molecule has 3 aromatic rings. The third kappa shape index (κ3) is 3.51. The molecule has 2 atom stereocenters. The van der Waals surface area contributed by atoms with E-state index in [9.17, 15) is 15.3 Å². The van der Waals surface area contributed by atoms with E-state index in [4.69, 9.17) is 11.6 Å². The Balaban J connectivity index is 1.51. The van der Waals surface area contributed by atoms with Gasteiger partial charge < -0.3 is 20.4 Å². The van der Waals surface area contributed by atoms with Crippen LogP contribution in [0.5, 0.6) is 0 Å². The number of carbonyl (C=O) groups excluding carboxylic acids is 1. The summed E-state index contributed by atoms with van der Waals surface area (Å²) in [4.78, 5) is 24.8. The number of anilines is 4. The molecule has 6 rings (SSSR count). The van der Waals surface area contributed by atoms with Crippen LogP contribution in [0.2, 0.25) is 5.02 Å². The number of amides is 1. The van der Waals surface area contributed by atoms with E-state index in [0.717, 1.165) is 12.1 Å². The molecular weight excluding hydrogens is 456 g/mol. The molecule has 2 unspecified atom stereocenters. The van der Waals surface area contributed by atoms with E-state index in [1.165, 1.54) is 10.7 Å². The highest BCUT2D eigenvalue weighted by atomic mass is 35.5. The summed E-state index contributed by atoms with van der Waals surface area (Å²) in [5.41, 5.74) is 2.29. The van der Waals surface area contributed by atoms with Crippen molar-refractivity contribution >= 4 is 46.4 Å². The van der Waals surface area contributed by atoms with Crippen LogP contribution < -0.4 is 15.5 Å². The molecule has 3 aliphatic rings. The molecule has 2 aromatic heterocycles. The number of halogens is 1. The molecule has 3 aliphatic heterocycles. The van der Waals surface area contributed by atoms with Crippen LogP contribution in [0.25, 0.3) is 5.65 Å².